The smallest absolute Gasteiger partial charge is 0.119 e. The standard InChI is InChI=1S/C9H11NO2/c1-7(6-10-12)8-4-2-3-5-9(8)11/h2-7,11-12H,1H3. The summed E-state index contributed by atoms with van der Waals surface area (Å²) in [7, 11) is 0. The Hall–Kier alpha value is -1.51. The highest BCUT2D eigenvalue weighted by Crippen LogP contribution is 2.23. The van der Waals surface area contributed by atoms with Crippen molar-refractivity contribution in [1.82, 2.24) is 0 Å². The third-order valence-electron chi connectivity index (χ3n) is 1.72. The Bertz CT molecular complexity index is 284. The van der Waals surface area contributed by atoms with Gasteiger partial charge in [-0.2, -0.15) is 0 Å². The number of phenolic OH excluding ortho intramolecular Hbond substituents is 1. The number of oxime groups is 1. The van der Waals surface area contributed by atoms with Gasteiger partial charge in [0, 0.05) is 11.5 Å². The van der Waals surface area contributed by atoms with Crippen LogP contribution in [0.3, 0.4) is 0 Å². The molecule has 0 aliphatic carbocycles. The highest BCUT2D eigenvalue weighted by atomic mass is 16.4. The van der Waals surface area contributed by atoms with Gasteiger partial charge in [0.15, 0.2) is 0 Å². The van der Waals surface area contributed by atoms with E-state index in [0.29, 0.717) is 0 Å². The third kappa shape index (κ3) is 1.75. The van der Waals surface area contributed by atoms with Gasteiger partial charge in [-0.05, 0) is 6.07 Å². The lowest BCUT2D eigenvalue weighted by molar-refractivity contribution is 0.320. The van der Waals surface area contributed by atoms with Crippen LogP contribution < -0.4 is 0 Å². The molecule has 0 fully saturated rings. The summed E-state index contributed by atoms with van der Waals surface area (Å²) in [5, 5.41) is 20.6. The fourth-order valence-corrected chi connectivity index (χ4v) is 1.05. The molecule has 1 atom stereocenters. The molecule has 12 heavy (non-hydrogen) atoms. The Labute approximate surface area is 71.0 Å². The lowest BCUT2D eigenvalue weighted by Gasteiger charge is -2.06. The first kappa shape index (κ1) is 8.59. The summed E-state index contributed by atoms with van der Waals surface area (Å²) >= 11 is 0. The quantitative estimate of drug-likeness (QED) is 0.400. The molecule has 0 bridgehead atoms. The number of hydrogen-bond acceptors (Lipinski definition) is 3. The van der Waals surface area contributed by atoms with Gasteiger partial charge in [0.2, 0.25) is 0 Å². The second-order valence-electron chi connectivity index (χ2n) is 2.61. The Morgan fingerprint density at radius 3 is 2.67 bits per heavy atom. The number of rotatable bonds is 2. The largest absolute Gasteiger partial charge is 0.508 e. The molecule has 0 aliphatic heterocycles. The van der Waals surface area contributed by atoms with E-state index in [1.807, 2.05) is 13.0 Å². The Balaban J connectivity index is 2.94. The molecule has 0 saturated heterocycles. The lowest BCUT2D eigenvalue weighted by atomic mass is 10.0. The van der Waals surface area contributed by atoms with E-state index in [-0.39, 0.29) is 11.7 Å². The average Bonchev–Trinajstić information content (AvgIpc) is 2.05. The summed E-state index contributed by atoms with van der Waals surface area (Å²) in [5.41, 5.74) is 0.760. The van der Waals surface area contributed by atoms with E-state index in [1.54, 1.807) is 18.2 Å². The maximum absolute atomic E-state index is 9.36. The first-order valence-electron chi connectivity index (χ1n) is 3.71. The molecule has 1 rings (SSSR count). The summed E-state index contributed by atoms with van der Waals surface area (Å²) in [5.74, 6) is 0.154. The van der Waals surface area contributed by atoms with E-state index < -0.39 is 0 Å². The fourth-order valence-electron chi connectivity index (χ4n) is 1.05. The number of benzene rings is 1. The molecule has 0 amide bonds. The molecule has 1 aromatic rings. The van der Waals surface area contributed by atoms with Gasteiger partial charge < -0.3 is 10.3 Å². The molecule has 2 N–H and O–H groups in total. The molecular formula is C9H11NO2. The van der Waals surface area contributed by atoms with Gasteiger partial charge >= 0.3 is 0 Å². The number of phenols is 1. The lowest BCUT2D eigenvalue weighted by Crippen LogP contribution is -1.94. The van der Waals surface area contributed by atoms with Crippen LogP contribution in [0.4, 0.5) is 0 Å². The van der Waals surface area contributed by atoms with E-state index in [0.717, 1.165) is 5.56 Å². The molecular weight excluding hydrogens is 154 g/mol. The highest BCUT2D eigenvalue weighted by Gasteiger charge is 2.06. The van der Waals surface area contributed by atoms with Crippen LogP contribution in [0.5, 0.6) is 5.75 Å². The van der Waals surface area contributed by atoms with Crippen LogP contribution in [0.1, 0.15) is 18.4 Å². The van der Waals surface area contributed by atoms with Crippen molar-refractivity contribution < 1.29 is 10.3 Å². The normalized spacial score (nSPS) is 13.4. The minimum absolute atomic E-state index is 0.0730. The van der Waals surface area contributed by atoms with Crippen molar-refractivity contribution in [2.24, 2.45) is 5.16 Å². The van der Waals surface area contributed by atoms with Crippen molar-refractivity contribution in [3.05, 3.63) is 29.8 Å². The maximum atomic E-state index is 9.36. The van der Waals surface area contributed by atoms with Gasteiger partial charge in [-0.25, -0.2) is 0 Å². The summed E-state index contributed by atoms with van der Waals surface area (Å²) in [6.45, 7) is 1.84. The Morgan fingerprint density at radius 2 is 2.08 bits per heavy atom. The molecule has 1 aromatic carbocycles. The summed E-state index contributed by atoms with van der Waals surface area (Å²) in [6, 6.07) is 6.98. The number of hydrogen-bond donors (Lipinski definition) is 2. The van der Waals surface area contributed by atoms with Gasteiger partial charge in [-0.3, -0.25) is 0 Å². The van der Waals surface area contributed by atoms with Crippen LogP contribution in [0.15, 0.2) is 29.4 Å². The molecule has 64 valence electrons. The van der Waals surface area contributed by atoms with Crippen LogP contribution in [-0.4, -0.2) is 16.5 Å². The average molecular weight is 165 g/mol. The van der Waals surface area contributed by atoms with E-state index in [4.69, 9.17) is 5.21 Å². The molecule has 3 nitrogen and oxygen atoms in total. The van der Waals surface area contributed by atoms with Gasteiger partial charge in [-0.15, -0.1) is 5.16 Å². The van der Waals surface area contributed by atoms with Gasteiger partial charge in [0.25, 0.3) is 0 Å². The van der Waals surface area contributed by atoms with Crippen LogP contribution in [0, 0.1) is 0 Å². The van der Waals surface area contributed by atoms with Crippen LogP contribution >= 0.6 is 0 Å². The van der Waals surface area contributed by atoms with E-state index in [1.165, 1.54) is 6.21 Å². The van der Waals surface area contributed by atoms with Crippen molar-refractivity contribution in [3.8, 4) is 5.75 Å². The first-order chi connectivity index (χ1) is 5.75. The van der Waals surface area contributed by atoms with Gasteiger partial charge in [-0.1, -0.05) is 25.1 Å². The minimum atomic E-state index is -0.0730. The van der Waals surface area contributed by atoms with E-state index >= 15 is 0 Å². The van der Waals surface area contributed by atoms with E-state index in [9.17, 15) is 5.11 Å². The molecule has 0 aliphatic rings. The predicted octanol–water partition coefficient (Wildman–Crippen LogP) is 1.96. The molecule has 3 heteroatoms. The number of aromatic hydroxyl groups is 1. The second kappa shape index (κ2) is 3.76. The van der Waals surface area contributed by atoms with Crippen molar-refractivity contribution in [2.75, 3.05) is 0 Å². The fraction of sp³-hybridized carbons (Fsp3) is 0.222. The van der Waals surface area contributed by atoms with Crippen molar-refractivity contribution in [2.45, 2.75) is 12.8 Å². The van der Waals surface area contributed by atoms with Crippen LogP contribution in [0.2, 0.25) is 0 Å². The minimum Gasteiger partial charge on any atom is -0.508 e. The van der Waals surface area contributed by atoms with Gasteiger partial charge in [0.1, 0.15) is 5.75 Å². The zero-order chi connectivity index (χ0) is 8.97. The Kier molecular flexibility index (Phi) is 2.69. The summed E-state index contributed by atoms with van der Waals surface area (Å²) in [4.78, 5) is 0. The highest BCUT2D eigenvalue weighted by molar-refractivity contribution is 5.68. The topological polar surface area (TPSA) is 52.8 Å². The Morgan fingerprint density at radius 1 is 1.42 bits per heavy atom. The number of nitrogens with zero attached hydrogens (tertiary/aromatic N) is 1. The van der Waals surface area contributed by atoms with Crippen molar-refractivity contribution >= 4 is 6.21 Å². The molecule has 0 spiro atoms. The summed E-state index contributed by atoms with van der Waals surface area (Å²) < 4.78 is 0. The van der Waals surface area contributed by atoms with Crippen molar-refractivity contribution in [3.63, 3.8) is 0 Å². The molecule has 0 radical (unpaired) electrons. The molecule has 0 saturated carbocycles. The SMILES string of the molecule is CC(C=NO)c1ccccc1O. The van der Waals surface area contributed by atoms with Crippen LogP contribution in [0.25, 0.3) is 0 Å². The third-order valence-corrected chi connectivity index (χ3v) is 1.72. The van der Waals surface area contributed by atoms with Crippen molar-refractivity contribution in [1.29, 1.82) is 0 Å². The molecule has 0 aromatic heterocycles. The zero-order valence-corrected chi connectivity index (χ0v) is 6.81. The first-order valence-corrected chi connectivity index (χ1v) is 3.71. The zero-order valence-electron chi connectivity index (χ0n) is 6.81. The molecule has 1 unspecified atom stereocenters. The maximum Gasteiger partial charge on any atom is 0.119 e. The van der Waals surface area contributed by atoms with Gasteiger partial charge in [0.05, 0.1) is 6.21 Å². The molecule has 0 heterocycles. The summed E-state index contributed by atoms with van der Waals surface area (Å²) in [6.07, 6.45) is 1.37. The predicted molar refractivity (Wildman–Crippen MR) is 46.8 cm³/mol. The van der Waals surface area contributed by atoms with E-state index in [2.05, 4.69) is 5.16 Å². The second-order valence-corrected chi connectivity index (χ2v) is 2.61. The number of para-hydroxylation sites is 1. The van der Waals surface area contributed by atoms with Crippen LogP contribution in [-0.2, 0) is 0 Å². The monoisotopic (exact) mass is 165 g/mol.